The van der Waals surface area contributed by atoms with Gasteiger partial charge in [0.1, 0.15) is 0 Å². The molecular formula is C11H24NO3P. The van der Waals surface area contributed by atoms with E-state index in [9.17, 15) is 4.57 Å². The second kappa shape index (κ2) is 6.75. The highest BCUT2D eigenvalue weighted by Gasteiger charge is 2.40. The van der Waals surface area contributed by atoms with Gasteiger partial charge in [-0.05, 0) is 19.8 Å². The molecule has 0 saturated carbocycles. The molecule has 0 aromatic heterocycles. The predicted octanol–water partition coefficient (Wildman–Crippen LogP) is 3.43. The SMILES string of the molecule is CCCCN(CCCC)[P@]1(=O)OC[C@@H](C)O1. The van der Waals surface area contributed by atoms with Crippen LogP contribution in [0.3, 0.4) is 0 Å². The van der Waals surface area contributed by atoms with Crippen molar-refractivity contribution >= 4 is 7.75 Å². The molecule has 0 unspecified atom stereocenters. The van der Waals surface area contributed by atoms with Gasteiger partial charge >= 0.3 is 7.75 Å². The van der Waals surface area contributed by atoms with E-state index in [0.717, 1.165) is 38.8 Å². The maximum absolute atomic E-state index is 12.4. The van der Waals surface area contributed by atoms with Crippen LogP contribution in [0.2, 0.25) is 0 Å². The van der Waals surface area contributed by atoms with E-state index < -0.39 is 7.75 Å². The molecule has 0 aromatic carbocycles. The lowest BCUT2D eigenvalue weighted by Crippen LogP contribution is -2.23. The zero-order chi connectivity index (χ0) is 12.0. The number of hydrogen-bond donors (Lipinski definition) is 0. The Kier molecular flexibility index (Phi) is 5.98. The van der Waals surface area contributed by atoms with Crippen molar-refractivity contribution in [3.8, 4) is 0 Å². The van der Waals surface area contributed by atoms with E-state index in [1.54, 1.807) is 0 Å². The number of unbranched alkanes of at least 4 members (excludes halogenated alkanes) is 2. The van der Waals surface area contributed by atoms with Gasteiger partial charge in [-0.3, -0.25) is 9.05 Å². The summed E-state index contributed by atoms with van der Waals surface area (Å²) >= 11 is 0. The minimum absolute atomic E-state index is 0.0448. The summed E-state index contributed by atoms with van der Waals surface area (Å²) in [5.74, 6) is 0. The molecule has 16 heavy (non-hydrogen) atoms. The maximum Gasteiger partial charge on any atom is 0.408 e. The highest BCUT2D eigenvalue weighted by Crippen LogP contribution is 2.57. The van der Waals surface area contributed by atoms with Gasteiger partial charge in [0.2, 0.25) is 0 Å². The third-order valence-corrected chi connectivity index (χ3v) is 4.87. The Labute approximate surface area is 98.9 Å². The third-order valence-electron chi connectivity index (χ3n) is 2.67. The highest BCUT2D eigenvalue weighted by atomic mass is 31.2. The van der Waals surface area contributed by atoms with Gasteiger partial charge in [-0.2, -0.15) is 0 Å². The number of rotatable bonds is 7. The summed E-state index contributed by atoms with van der Waals surface area (Å²) in [6.45, 7) is 8.23. The average molecular weight is 249 g/mol. The van der Waals surface area contributed by atoms with Gasteiger partial charge < -0.3 is 0 Å². The van der Waals surface area contributed by atoms with Crippen molar-refractivity contribution in [1.29, 1.82) is 0 Å². The summed E-state index contributed by atoms with van der Waals surface area (Å²) < 4.78 is 25.2. The summed E-state index contributed by atoms with van der Waals surface area (Å²) in [4.78, 5) is 0. The minimum atomic E-state index is -2.96. The van der Waals surface area contributed by atoms with Crippen LogP contribution in [0.25, 0.3) is 0 Å². The Morgan fingerprint density at radius 3 is 2.19 bits per heavy atom. The summed E-state index contributed by atoms with van der Waals surface area (Å²) in [5.41, 5.74) is 0. The van der Waals surface area contributed by atoms with Crippen LogP contribution in [0.4, 0.5) is 0 Å². The zero-order valence-corrected chi connectivity index (χ0v) is 11.5. The molecule has 1 rings (SSSR count). The van der Waals surface area contributed by atoms with E-state index in [1.807, 2.05) is 11.6 Å². The van der Waals surface area contributed by atoms with Gasteiger partial charge in [-0.1, -0.05) is 26.7 Å². The molecule has 0 amide bonds. The lowest BCUT2D eigenvalue weighted by molar-refractivity contribution is 0.228. The second-order valence-corrected chi connectivity index (χ2v) is 6.31. The fourth-order valence-corrected chi connectivity index (χ4v) is 3.72. The lowest BCUT2D eigenvalue weighted by atomic mass is 10.3. The molecule has 0 aromatic rings. The molecule has 1 aliphatic heterocycles. The molecular weight excluding hydrogens is 225 g/mol. The fraction of sp³-hybridized carbons (Fsp3) is 1.00. The smallest absolute Gasteiger partial charge is 0.294 e. The molecule has 0 spiro atoms. The molecule has 5 heteroatoms. The number of nitrogens with zero attached hydrogens (tertiary/aromatic N) is 1. The van der Waals surface area contributed by atoms with Crippen molar-refractivity contribution in [2.75, 3.05) is 19.7 Å². The van der Waals surface area contributed by atoms with Crippen LogP contribution in [0.1, 0.15) is 46.5 Å². The van der Waals surface area contributed by atoms with E-state index in [2.05, 4.69) is 13.8 Å². The van der Waals surface area contributed by atoms with Crippen LogP contribution < -0.4 is 0 Å². The van der Waals surface area contributed by atoms with Crippen LogP contribution >= 0.6 is 7.75 Å². The molecule has 0 radical (unpaired) electrons. The number of hydrogen-bond acceptors (Lipinski definition) is 3. The van der Waals surface area contributed by atoms with Gasteiger partial charge in [0.05, 0.1) is 12.7 Å². The molecule has 0 aliphatic carbocycles. The predicted molar refractivity (Wildman–Crippen MR) is 65.5 cm³/mol. The first-order valence-electron chi connectivity index (χ1n) is 6.30. The molecule has 0 N–H and O–H groups in total. The van der Waals surface area contributed by atoms with Crippen molar-refractivity contribution in [2.24, 2.45) is 0 Å². The van der Waals surface area contributed by atoms with Crippen molar-refractivity contribution in [2.45, 2.75) is 52.6 Å². The molecule has 1 heterocycles. The summed E-state index contributed by atoms with van der Waals surface area (Å²) in [6, 6.07) is 0. The quantitative estimate of drug-likeness (QED) is 0.648. The Bertz CT molecular complexity index is 239. The molecule has 96 valence electrons. The van der Waals surface area contributed by atoms with E-state index in [-0.39, 0.29) is 6.10 Å². The zero-order valence-electron chi connectivity index (χ0n) is 10.6. The van der Waals surface area contributed by atoms with Crippen molar-refractivity contribution in [3.05, 3.63) is 0 Å². The third kappa shape index (κ3) is 3.85. The standard InChI is InChI=1S/C11H24NO3P/c1-4-6-8-12(9-7-5-2)16(13)14-10-11(3)15-16/h11H,4-10H2,1-3H3/t11-,16+/m1/s1. The van der Waals surface area contributed by atoms with Crippen molar-refractivity contribution < 1.29 is 13.6 Å². The van der Waals surface area contributed by atoms with Gasteiger partial charge in [0.15, 0.2) is 0 Å². The van der Waals surface area contributed by atoms with Crippen LogP contribution in [-0.4, -0.2) is 30.5 Å². The summed E-state index contributed by atoms with van der Waals surface area (Å²) in [5, 5.41) is 0. The Morgan fingerprint density at radius 2 is 1.81 bits per heavy atom. The van der Waals surface area contributed by atoms with Crippen LogP contribution in [0.5, 0.6) is 0 Å². The largest absolute Gasteiger partial charge is 0.408 e. The van der Waals surface area contributed by atoms with E-state index >= 15 is 0 Å². The fourth-order valence-electron chi connectivity index (χ4n) is 1.67. The Morgan fingerprint density at radius 1 is 1.25 bits per heavy atom. The second-order valence-electron chi connectivity index (χ2n) is 4.34. The van der Waals surface area contributed by atoms with Gasteiger partial charge in [0, 0.05) is 13.1 Å². The first-order valence-corrected chi connectivity index (χ1v) is 7.80. The molecule has 0 bridgehead atoms. The maximum atomic E-state index is 12.4. The minimum Gasteiger partial charge on any atom is -0.294 e. The Hall–Kier alpha value is 0.110. The first kappa shape index (κ1) is 14.2. The first-order chi connectivity index (χ1) is 7.62. The normalized spacial score (nSPS) is 30.1. The Balaban J connectivity index is 2.56. The average Bonchev–Trinajstić information content (AvgIpc) is 2.60. The van der Waals surface area contributed by atoms with Crippen LogP contribution in [0, 0.1) is 0 Å². The van der Waals surface area contributed by atoms with Gasteiger partial charge in [0.25, 0.3) is 0 Å². The van der Waals surface area contributed by atoms with E-state index in [0.29, 0.717) is 6.61 Å². The molecule has 1 fully saturated rings. The monoisotopic (exact) mass is 249 g/mol. The summed E-state index contributed by atoms with van der Waals surface area (Å²) in [7, 11) is -2.96. The van der Waals surface area contributed by atoms with Gasteiger partial charge in [-0.25, -0.2) is 9.24 Å². The molecule has 1 saturated heterocycles. The molecule has 1 aliphatic rings. The van der Waals surface area contributed by atoms with Gasteiger partial charge in [-0.15, -0.1) is 0 Å². The topological polar surface area (TPSA) is 38.8 Å². The van der Waals surface area contributed by atoms with E-state index in [4.69, 9.17) is 9.05 Å². The van der Waals surface area contributed by atoms with Crippen molar-refractivity contribution in [3.63, 3.8) is 0 Å². The summed E-state index contributed by atoms with van der Waals surface area (Å²) in [6.07, 6.45) is 4.22. The highest BCUT2D eigenvalue weighted by molar-refractivity contribution is 7.51. The van der Waals surface area contributed by atoms with Crippen molar-refractivity contribution in [1.82, 2.24) is 4.67 Å². The lowest BCUT2D eigenvalue weighted by Gasteiger charge is -2.25. The van der Waals surface area contributed by atoms with E-state index in [1.165, 1.54) is 0 Å². The molecule has 2 atom stereocenters. The van der Waals surface area contributed by atoms with Crippen LogP contribution in [0.15, 0.2) is 0 Å². The van der Waals surface area contributed by atoms with Crippen LogP contribution in [-0.2, 0) is 13.6 Å². The molecule has 4 nitrogen and oxygen atoms in total.